The molecule has 0 aliphatic carbocycles. The summed E-state index contributed by atoms with van der Waals surface area (Å²) in [5, 5.41) is 14.7. The van der Waals surface area contributed by atoms with Crippen LogP contribution in [0.25, 0.3) is 5.65 Å². The van der Waals surface area contributed by atoms with E-state index >= 15 is 0 Å². The summed E-state index contributed by atoms with van der Waals surface area (Å²) < 4.78 is 6.76. The highest BCUT2D eigenvalue weighted by Gasteiger charge is 2.24. The van der Waals surface area contributed by atoms with Gasteiger partial charge in [0, 0.05) is 12.6 Å². The van der Waals surface area contributed by atoms with Gasteiger partial charge in [0.1, 0.15) is 5.75 Å². The highest BCUT2D eigenvalue weighted by molar-refractivity contribution is 5.62. The van der Waals surface area contributed by atoms with Gasteiger partial charge in [0.2, 0.25) is 11.5 Å². The topological polar surface area (TPSA) is 84.9 Å². The summed E-state index contributed by atoms with van der Waals surface area (Å²) in [5.74, 6) is 0.966. The number of imidazole rings is 1. The summed E-state index contributed by atoms with van der Waals surface area (Å²) in [4.78, 5) is 17.5. The third-order valence-electron chi connectivity index (χ3n) is 4.24. The van der Waals surface area contributed by atoms with Gasteiger partial charge in [0.05, 0.1) is 19.3 Å². The molecule has 136 valence electrons. The second kappa shape index (κ2) is 7.40. The largest absolute Gasteiger partial charge is 0.497 e. The van der Waals surface area contributed by atoms with Crippen LogP contribution in [-0.4, -0.2) is 47.0 Å². The van der Waals surface area contributed by atoms with Crippen molar-refractivity contribution >= 4 is 17.3 Å². The fourth-order valence-corrected chi connectivity index (χ4v) is 2.92. The third kappa shape index (κ3) is 3.45. The molecule has 8 heteroatoms. The summed E-state index contributed by atoms with van der Waals surface area (Å²) in [5.41, 5.74) is 1.58. The van der Waals surface area contributed by atoms with Crippen LogP contribution in [0, 0.1) is 10.1 Å². The van der Waals surface area contributed by atoms with Crippen molar-refractivity contribution in [2.75, 3.05) is 33.1 Å². The number of rotatable bonds is 7. The quantitative estimate of drug-likeness (QED) is 0.518. The second-order valence-electron chi connectivity index (χ2n) is 6.11. The number of ether oxygens (including phenoxy) is 1. The first-order valence-electron chi connectivity index (χ1n) is 8.17. The standard InChI is InChI=1S/C18H21N5O3/c1-21(2)15(13-7-6-8-14(11-13)26-3)12-19-17-18(23(24)25)22-10-5-4-9-16(22)20-17/h4-11,15,19H,12H2,1-3H3. The number of hydrogen-bond acceptors (Lipinski definition) is 6. The molecule has 2 heterocycles. The van der Waals surface area contributed by atoms with E-state index in [2.05, 4.69) is 10.3 Å². The number of pyridine rings is 1. The zero-order valence-corrected chi connectivity index (χ0v) is 14.9. The lowest BCUT2D eigenvalue weighted by molar-refractivity contribution is -0.389. The number of aromatic nitrogens is 2. The third-order valence-corrected chi connectivity index (χ3v) is 4.24. The molecule has 0 radical (unpaired) electrons. The average Bonchev–Trinajstić information content (AvgIpc) is 3.00. The fourth-order valence-electron chi connectivity index (χ4n) is 2.92. The molecule has 1 N–H and O–H groups in total. The van der Waals surface area contributed by atoms with Crippen molar-refractivity contribution in [3.8, 4) is 5.75 Å². The molecule has 1 aromatic carbocycles. The first-order valence-corrected chi connectivity index (χ1v) is 8.17. The van der Waals surface area contributed by atoms with Gasteiger partial charge in [-0.05, 0) is 42.8 Å². The Hall–Kier alpha value is -3.13. The summed E-state index contributed by atoms with van der Waals surface area (Å²) >= 11 is 0. The van der Waals surface area contributed by atoms with Gasteiger partial charge in [-0.1, -0.05) is 18.2 Å². The predicted molar refractivity (Wildman–Crippen MR) is 99.8 cm³/mol. The molecule has 0 bridgehead atoms. The zero-order chi connectivity index (χ0) is 18.7. The van der Waals surface area contributed by atoms with Crippen molar-refractivity contribution in [2.45, 2.75) is 6.04 Å². The van der Waals surface area contributed by atoms with Gasteiger partial charge in [0.25, 0.3) is 0 Å². The normalized spacial score (nSPS) is 12.3. The van der Waals surface area contributed by atoms with Crippen molar-refractivity contribution in [3.63, 3.8) is 0 Å². The Balaban J connectivity index is 1.89. The van der Waals surface area contributed by atoms with Crippen molar-refractivity contribution in [1.82, 2.24) is 14.3 Å². The second-order valence-corrected chi connectivity index (χ2v) is 6.11. The Morgan fingerprint density at radius 1 is 1.31 bits per heavy atom. The summed E-state index contributed by atoms with van der Waals surface area (Å²) in [6, 6.07) is 13.1. The minimum Gasteiger partial charge on any atom is -0.497 e. The number of methoxy groups -OCH3 is 1. The molecule has 26 heavy (non-hydrogen) atoms. The molecule has 1 atom stereocenters. The zero-order valence-electron chi connectivity index (χ0n) is 14.9. The highest BCUT2D eigenvalue weighted by Crippen LogP contribution is 2.28. The summed E-state index contributed by atoms with van der Waals surface area (Å²) in [6.07, 6.45) is 1.64. The first-order chi connectivity index (χ1) is 12.5. The van der Waals surface area contributed by atoms with Gasteiger partial charge in [0.15, 0.2) is 0 Å². The molecule has 8 nitrogen and oxygen atoms in total. The molecular formula is C18H21N5O3. The van der Waals surface area contributed by atoms with Crippen molar-refractivity contribution in [2.24, 2.45) is 0 Å². The molecule has 2 aromatic heterocycles. The monoisotopic (exact) mass is 355 g/mol. The Morgan fingerprint density at radius 2 is 2.12 bits per heavy atom. The van der Waals surface area contributed by atoms with Gasteiger partial charge in [-0.2, -0.15) is 9.38 Å². The number of nitrogens with zero attached hydrogens (tertiary/aromatic N) is 4. The van der Waals surface area contributed by atoms with Crippen LogP contribution in [0.5, 0.6) is 5.75 Å². The van der Waals surface area contributed by atoms with E-state index in [0.717, 1.165) is 11.3 Å². The van der Waals surface area contributed by atoms with Crippen molar-refractivity contribution < 1.29 is 9.66 Å². The molecule has 3 rings (SSSR count). The lowest BCUT2D eigenvalue weighted by atomic mass is 10.1. The van der Waals surface area contributed by atoms with E-state index in [1.165, 1.54) is 4.40 Å². The average molecular weight is 355 g/mol. The lowest BCUT2D eigenvalue weighted by Crippen LogP contribution is -2.27. The molecular weight excluding hydrogens is 334 g/mol. The first kappa shape index (κ1) is 17.7. The van der Waals surface area contributed by atoms with Crippen LogP contribution in [0.1, 0.15) is 11.6 Å². The minimum atomic E-state index is -0.418. The Kier molecular flexibility index (Phi) is 5.04. The van der Waals surface area contributed by atoms with E-state index in [-0.39, 0.29) is 17.7 Å². The summed E-state index contributed by atoms with van der Waals surface area (Å²) in [7, 11) is 5.55. The SMILES string of the molecule is COc1cccc(C(CNc2nc3ccccn3c2[N+](=O)[O-])N(C)C)c1. The molecule has 0 amide bonds. The van der Waals surface area contributed by atoms with E-state index in [9.17, 15) is 10.1 Å². The van der Waals surface area contributed by atoms with Crippen LogP contribution in [0.4, 0.5) is 11.6 Å². The smallest absolute Gasteiger partial charge is 0.372 e. The summed E-state index contributed by atoms with van der Waals surface area (Å²) in [6.45, 7) is 0.463. The molecule has 0 saturated carbocycles. The molecule has 0 aliphatic rings. The number of fused-ring (bicyclic) bond motifs is 1. The minimum absolute atomic E-state index is 0.00508. The Bertz CT molecular complexity index is 922. The van der Waals surface area contributed by atoms with Gasteiger partial charge in [-0.3, -0.25) is 0 Å². The van der Waals surface area contributed by atoms with E-state index in [0.29, 0.717) is 12.2 Å². The number of likely N-dealkylation sites (N-methyl/N-ethyl adjacent to an activating group) is 1. The van der Waals surface area contributed by atoms with Gasteiger partial charge in [-0.25, -0.2) is 0 Å². The van der Waals surface area contributed by atoms with Gasteiger partial charge < -0.3 is 25.1 Å². The van der Waals surface area contributed by atoms with E-state index < -0.39 is 4.92 Å². The maximum absolute atomic E-state index is 11.5. The molecule has 0 fully saturated rings. The molecule has 0 aliphatic heterocycles. The van der Waals surface area contributed by atoms with Gasteiger partial charge >= 0.3 is 5.82 Å². The number of anilines is 1. The number of nitrogens with one attached hydrogen (secondary N) is 1. The van der Waals surface area contributed by atoms with Crippen molar-refractivity contribution in [3.05, 3.63) is 64.3 Å². The van der Waals surface area contributed by atoms with Crippen LogP contribution in [0.15, 0.2) is 48.7 Å². The molecule has 1 unspecified atom stereocenters. The van der Waals surface area contributed by atoms with Crippen LogP contribution in [0.3, 0.4) is 0 Å². The van der Waals surface area contributed by atoms with E-state index in [4.69, 9.17) is 4.74 Å². The molecule has 0 spiro atoms. The van der Waals surface area contributed by atoms with Crippen molar-refractivity contribution in [1.29, 1.82) is 0 Å². The molecule has 0 saturated heterocycles. The molecule has 3 aromatic rings. The van der Waals surface area contributed by atoms with Gasteiger partial charge in [-0.15, -0.1) is 0 Å². The predicted octanol–water partition coefficient (Wildman–Crippen LogP) is 2.97. The van der Waals surface area contributed by atoms with Crippen LogP contribution in [-0.2, 0) is 0 Å². The Morgan fingerprint density at radius 3 is 2.81 bits per heavy atom. The lowest BCUT2D eigenvalue weighted by Gasteiger charge is -2.25. The highest BCUT2D eigenvalue weighted by atomic mass is 16.6. The number of nitro groups is 1. The number of hydrogen-bond donors (Lipinski definition) is 1. The van der Waals surface area contributed by atoms with E-state index in [1.807, 2.05) is 43.3 Å². The fraction of sp³-hybridized carbons (Fsp3) is 0.278. The Labute approximate surface area is 151 Å². The van der Waals surface area contributed by atoms with Crippen LogP contribution in [0.2, 0.25) is 0 Å². The maximum atomic E-state index is 11.5. The number of benzene rings is 1. The maximum Gasteiger partial charge on any atom is 0.372 e. The van der Waals surface area contributed by atoms with E-state index in [1.54, 1.807) is 31.5 Å². The van der Waals surface area contributed by atoms with Crippen LogP contribution < -0.4 is 10.1 Å². The van der Waals surface area contributed by atoms with Crippen LogP contribution >= 0.6 is 0 Å².